The maximum Gasteiger partial charge on any atom is 0.490 e. The lowest BCUT2D eigenvalue weighted by Crippen LogP contribution is -2.43. The number of nitrogens with one attached hydrogen (secondary N) is 2. The van der Waals surface area contributed by atoms with E-state index in [0.29, 0.717) is 31.0 Å². The van der Waals surface area contributed by atoms with E-state index in [-0.39, 0.29) is 24.3 Å². The topological polar surface area (TPSA) is 190 Å². The predicted molar refractivity (Wildman–Crippen MR) is 158 cm³/mol. The zero-order chi connectivity index (χ0) is 32.1. The first kappa shape index (κ1) is 34.1. The van der Waals surface area contributed by atoms with Crippen LogP contribution in [-0.4, -0.2) is 63.5 Å². The molecule has 8 N–H and O–H groups in total. The lowest BCUT2D eigenvalue weighted by atomic mass is 10.0. The number of aromatic nitrogens is 2. The molecular formula is C30H35F3N6O5. The Morgan fingerprint density at radius 1 is 1.05 bits per heavy atom. The highest BCUT2D eigenvalue weighted by molar-refractivity contribution is 6.03. The van der Waals surface area contributed by atoms with Crippen LogP contribution in [0, 0.1) is 0 Å². The van der Waals surface area contributed by atoms with E-state index in [1.165, 1.54) is 11.8 Å². The van der Waals surface area contributed by atoms with Crippen LogP contribution in [0.3, 0.4) is 0 Å². The maximum atomic E-state index is 12.9. The summed E-state index contributed by atoms with van der Waals surface area (Å²) in [6.07, 6.45) is -0.0584. The molecule has 0 aliphatic rings. The zero-order valence-electron chi connectivity index (χ0n) is 23.7. The summed E-state index contributed by atoms with van der Waals surface area (Å²) in [7, 11) is 0. The van der Waals surface area contributed by atoms with Crippen molar-refractivity contribution in [3.63, 3.8) is 0 Å². The highest BCUT2D eigenvalue weighted by atomic mass is 19.4. The van der Waals surface area contributed by atoms with E-state index >= 15 is 0 Å². The van der Waals surface area contributed by atoms with Gasteiger partial charge in [0.25, 0.3) is 5.91 Å². The fourth-order valence-electron chi connectivity index (χ4n) is 4.12. The number of carboxylic acid groups (broad SMARTS) is 1. The molecule has 0 bridgehead atoms. The molecule has 44 heavy (non-hydrogen) atoms. The molecule has 4 rings (SSSR count). The lowest BCUT2D eigenvalue weighted by Gasteiger charge is -2.22. The number of hydrogen-bond donors (Lipinski definition) is 6. The first-order valence-electron chi connectivity index (χ1n) is 13.8. The average Bonchev–Trinajstić information content (AvgIpc) is 3.50. The number of hydrogen-bond acceptors (Lipinski definition) is 9. The van der Waals surface area contributed by atoms with E-state index in [4.69, 9.17) is 25.8 Å². The second-order valence-electron chi connectivity index (χ2n) is 9.89. The largest absolute Gasteiger partial charge is 0.490 e. The number of nitrogens with zero attached hydrogens (tertiary/aromatic N) is 2. The molecule has 0 spiro atoms. The number of carbonyl (C=O) groups excluding carboxylic acids is 1. The number of nitrogens with two attached hydrogens (primary N) is 2. The van der Waals surface area contributed by atoms with Crippen molar-refractivity contribution in [1.29, 1.82) is 0 Å². The van der Waals surface area contributed by atoms with Gasteiger partial charge in [-0.05, 0) is 49.9 Å². The standard InChI is InChI=1S/C28H34N6O3.C2HF3O2/c29-14-6-10-22(30)26(35)17-32-24(13-12-19-7-2-1-3-8-19)28-34-25(18-37-28)27(36)33-21-15-20-9-4-5-11-23(20)31-16-21;3-2(4,5)1(6)7/h1-5,7-9,11,15-16,18,22,24,26,32,35H,6,10,12-14,17,29-30H2,(H,33,36);(H,6,7)/t22-,24-,26?;/m1./s1. The third-order valence-electron chi connectivity index (χ3n) is 6.52. The van der Waals surface area contributed by atoms with E-state index in [0.717, 1.165) is 23.7 Å². The molecule has 0 aliphatic carbocycles. The average molecular weight is 617 g/mol. The molecule has 14 heteroatoms. The molecule has 1 amide bonds. The van der Waals surface area contributed by atoms with Crippen LogP contribution in [0.15, 0.2) is 77.5 Å². The van der Waals surface area contributed by atoms with Gasteiger partial charge in [0.15, 0.2) is 5.69 Å². The summed E-state index contributed by atoms with van der Waals surface area (Å²) in [4.78, 5) is 30.6. The normalized spacial score (nSPS) is 13.4. The van der Waals surface area contributed by atoms with Crippen LogP contribution in [0.2, 0.25) is 0 Å². The maximum absolute atomic E-state index is 12.9. The van der Waals surface area contributed by atoms with Gasteiger partial charge in [-0.1, -0.05) is 48.5 Å². The summed E-state index contributed by atoms with van der Waals surface area (Å²) in [5, 5.41) is 24.7. The molecule has 0 radical (unpaired) electrons. The fraction of sp³-hybridized carbons (Fsp3) is 0.333. The molecule has 1 unspecified atom stereocenters. The number of anilines is 1. The van der Waals surface area contributed by atoms with E-state index in [1.54, 1.807) is 6.20 Å². The van der Waals surface area contributed by atoms with E-state index in [9.17, 15) is 23.1 Å². The molecule has 11 nitrogen and oxygen atoms in total. The lowest BCUT2D eigenvalue weighted by molar-refractivity contribution is -0.192. The Morgan fingerprint density at radius 3 is 2.41 bits per heavy atom. The van der Waals surface area contributed by atoms with Crippen molar-refractivity contribution >= 4 is 28.5 Å². The van der Waals surface area contributed by atoms with Gasteiger partial charge < -0.3 is 36.7 Å². The molecule has 2 heterocycles. The van der Waals surface area contributed by atoms with E-state index in [2.05, 4.69) is 32.7 Å². The Kier molecular flexibility index (Phi) is 12.8. The van der Waals surface area contributed by atoms with Crippen LogP contribution >= 0.6 is 0 Å². The number of para-hydroxylation sites is 1. The Balaban J connectivity index is 0.000000676. The van der Waals surface area contributed by atoms with Gasteiger partial charge in [0.2, 0.25) is 5.89 Å². The van der Waals surface area contributed by atoms with Crippen molar-refractivity contribution in [2.45, 2.75) is 50.0 Å². The number of alkyl halides is 3. The number of aryl methyl sites for hydroxylation is 1. The molecule has 2 aromatic carbocycles. The third-order valence-corrected chi connectivity index (χ3v) is 6.52. The SMILES string of the molecule is NCCC[C@@H](N)C(O)CN[C@H](CCc1ccccc1)c1nc(C(=O)Nc2cnc3ccccc3c2)co1.O=C(O)C(F)(F)F. The molecular weight excluding hydrogens is 581 g/mol. The molecule has 0 aliphatic heterocycles. The predicted octanol–water partition coefficient (Wildman–Crippen LogP) is 3.80. The number of rotatable bonds is 13. The second-order valence-corrected chi connectivity index (χ2v) is 9.89. The van der Waals surface area contributed by atoms with Gasteiger partial charge in [-0.2, -0.15) is 13.2 Å². The van der Waals surface area contributed by atoms with Crippen LogP contribution in [0.1, 0.15) is 47.2 Å². The highest BCUT2D eigenvalue weighted by Crippen LogP contribution is 2.21. The summed E-state index contributed by atoms with van der Waals surface area (Å²) in [6, 6.07) is 18.9. The Morgan fingerprint density at radius 2 is 1.73 bits per heavy atom. The molecule has 0 saturated heterocycles. The summed E-state index contributed by atoms with van der Waals surface area (Å²) in [6.45, 7) is 0.793. The quantitative estimate of drug-likeness (QED) is 0.129. The molecule has 0 fully saturated rings. The number of pyridine rings is 1. The van der Waals surface area contributed by atoms with E-state index in [1.807, 2.05) is 48.5 Å². The Hall–Kier alpha value is -4.37. The number of halogens is 3. The number of carbonyl (C=O) groups is 2. The summed E-state index contributed by atoms with van der Waals surface area (Å²) >= 11 is 0. The number of aliphatic hydroxyl groups excluding tert-OH is 1. The first-order valence-corrected chi connectivity index (χ1v) is 13.8. The van der Waals surface area contributed by atoms with Gasteiger partial charge in [0, 0.05) is 18.0 Å². The van der Waals surface area contributed by atoms with Crippen molar-refractivity contribution < 1.29 is 37.4 Å². The van der Waals surface area contributed by atoms with Crippen LogP contribution in [-0.2, 0) is 11.2 Å². The molecule has 4 aromatic rings. The monoisotopic (exact) mass is 616 g/mol. The van der Waals surface area contributed by atoms with Crippen molar-refractivity contribution in [3.8, 4) is 0 Å². The fourth-order valence-corrected chi connectivity index (χ4v) is 4.12. The van der Waals surface area contributed by atoms with Crippen molar-refractivity contribution in [2.75, 3.05) is 18.4 Å². The summed E-state index contributed by atoms with van der Waals surface area (Å²) in [5.74, 6) is -2.77. The number of amides is 1. The minimum atomic E-state index is -5.08. The summed E-state index contributed by atoms with van der Waals surface area (Å²) in [5.41, 5.74) is 14.4. The number of carboxylic acids is 1. The van der Waals surface area contributed by atoms with Gasteiger partial charge in [0.05, 0.1) is 29.5 Å². The molecule has 2 aromatic heterocycles. The van der Waals surface area contributed by atoms with Crippen LogP contribution in [0.5, 0.6) is 0 Å². The smallest absolute Gasteiger partial charge is 0.475 e. The summed E-state index contributed by atoms with van der Waals surface area (Å²) < 4.78 is 37.5. The number of aliphatic carboxylic acids is 1. The van der Waals surface area contributed by atoms with Crippen molar-refractivity contribution in [2.24, 2.45) is 11.5 Å². The Bertz CT molecular complexity index is 1480. The number of oxazole rings is 1. The first-order chi connectivity index (χ1) is 21.0. The second kappa shape index (κ2) is 16.5. The van der Waals surface area contributed by atoms with Gasteiger partial charge in [-0.3, -0.25) is 9.78 Å². The minimum Gasteiger partial charge on any atom is -0.475 e. The van der Waals surface area contributed by atoms with E-state index < -0.39 is 24.2 Å². The zero-order valence-corrected chi connectivity index (χ0v) is 23.7. The molecule has 3 atom stereocenters. The number of fused-ring (bicyclic) bond motifs is 1. The molecule has 0 saturated carbocycles. The van der Waals surface area contributed by atoms with Crippen LogP contribution in [0.25, 0.3) is 10.9 Å². The van der Waals surface area contributed by atoms with Crippen molar-refractivity contribution in [3.05, 3.63) is 90.3 Å². The van der Waals surface area contributed by atoms with Crippen LogP contribution in [0.4, 0.5) is 18.9 Å². The number of benzene rings is 2. The minimum absolute atomic E-state index is 0.162. The molecule has 236 valence electrons. The highest BCUT2D eigenvalue weighted by Gasteiger charge is 2.38. The number of aliphatic hydroxyl groups is 1. The van der Waals surface area contributed by atoms with Crippen LogP contribution < -0.4 is 22.1 Å². The van der Waals surface area contributed by atoms with Gasteiger partial charge in [-0.15, -0.1) is 0 Å². The Labute approximate surface area is 251 Å². The van der Waals surface area contributed by atoms with Gasteiger partial charge in [-0.25, -0.2) is 9.78 Å². The van der Waals surface area contributed by atoms with Gasteiger partial charge >= 0.3 is 12.1 Å². The van der Waals surface area contributed by atoms with Crippen molar-refractivity contribution in [1.82, 2.24) is 15.3 Å². The van der Waals surface area contributed by atoms with Gasteiger partial charge in [0.1, 0.15) is 6.26 Å². The third kappa shape index (κ3) is 10.7.